The van der Waals surface area contributed by atoms with Gasteiger partial charge in [0.05, 0.1) is 0 Å². The topological polar surface area (TPSA) is 84.6 Å². The van der Waals surface area contributed by atoms with Gasteiger partial charge in [0.15, 0.2) is 0 Å². The molecule has 0 unspecified atom stereocenters. The van der Waals surface area contributed by atoms with Crippen molar-refractivity contribution < 1.29 is 8.42 Å². The number of allylic oxidation sites excluding steroid dienone is 1. The van der Waals surface area contributed by atoms with Crippen LogP contribution in [0.1, 0.15) is 0 Å². The molecule has 0 saturated carbocycles. The molecular formula is C6H9N3O2S. The maximum atomic E-state index is 10.6. The van der Waals surface area contributed by atoms with Crippen LogP contribution in [0.2, 0.25) is 0 Å². The van der Waals surface area contributed by atoms with Crippen molar-refractivity contribution >= 4 is 16.2 Å². The van der Waals surface area contributed by atoms with Crippen LogP contribution in [0.3, 0.4) is 0 Å². The predicted molar refractivity (Wildman–Crippen MR) is 46.8 cm³/mol. The molecule has 0 radical (unpaired) electrons. The first kappa shape index (κ1) is 8.95. The van der Waals surface area contributed by atoms with Gasteiger partial charge in [-0.3, -0.25) is 4.99 Å². The summed E-state index contributed by atoms with van der Waals surface area (Å²) in [6.07, 6.45) is 6.12. The average molecular weight is 187 g/mol. The molecule has 0 saturated heterocycles. The Morgan fingerprint density at radius 3 is 3.00 bits per heavy atom. The molecule has 0 aliphatic carbocycles. The minimum Gasteiger partial charge on any atom is -0.363 e. The molecule has 3 N–H and O–H groups in total. The summed E-state index contributed by atoms with van der Waals surface area (Å²) in [4.78, 5) is 3.77. The number of rotatable bonds is 2. The fraction of sp³-hybridized carbons (Fsp3) is 0.167. The van der Waals surface area contributed by atoms with Crippen molar-refractivity contribution in [2.45, 2.75) is 0 Å². The lowest BCUT2D eigenvalue weighted by atomic mass is 10.4. The SMILES string of the molecule is NS(=O)(=O)CC1=CC=NC=CN1. The van der Waals surface area contributed by atoms with Crippen LogP contribution in [-0.2, 0) is 10.0 Å². The maximum absolute atomic E-state index is 10.6. The first-order valence-electron chi connectivity index (χ1n) is 3.22. The normalized spacial score (nSPS) is 16.6. The van der Waals surface area contributed by atoms with Crippen molar-refractivity contribution in [1.82, 2.24) is 5.32 Å². The van der Waals surface area contributed by atoms with Crippen LogP contribution in [0.15, 0.2) is 29.2 Å². The molecule has 12 heavy (non-hydrogen) atoms. The number of hydrogen-bond acceptors (Lipinski definition) is 4. The number of hydrogen-bond donors (Lipinski definition) is 2. The lowest BCUT2D eigenvalue weighted by Gasteiger charge is -2.02. The molecule has 6 heteroatoms. The van der Waals surface area contributed by atoms with E-state index in [0.29, 0.717) is 5.70 Å². The summed E-state index contributed by atoms with van der Waals surface area (Å²) in [7, 11) is -3.47. The highest BCUT2D eigenvalue weighted by molar-refractivity contribution is 7.89. The second-order valence-electron chi connectivity index (χ2n) is 2.26. The van der Waals surface area contributed by atoms with Gasteiger partial charge in [-0.1, -0.05) is 0 Å². The van der Waals surface area contributed by atoms with Crippen molar-refractivity contribution in [2.75, 3.05) is 5.75 Å². The second kappa shape index (κ2) is 3.51. The fourth-order valence-corrected chi connectivity index (χ4v) is 1.34. The highest BCUT2D eigenvalue weighted by atomic mass is 32.2. The first-order valence-corrected chi connectivity index (χ1v) is 4.94. The van der Waals surface area contributed by atoms with Gasteiger partial charge >= 0.3 is 0 Å². The van der Waals surface area contributed by atoms with Gasteiger partial charge in [-0.05, 0) is 6.08 Å². The third-order valence-corrected chi connectivity index (χ3v) is 1.86. The Morgan fingerprint density at radius 1 is 1.58 bits per heavy atom. The molecule has 1 aliphatic rings. The van der Waals surface area contributed by atoms with Crippen LogP contribution in [0.5, 0.6) is 0 Å². The summed E-state index contributed by atoms with van der Waals surface area (Å²) in [6.45, 7) is 0. The molecule has 0 aromatic rings. The third kappa shape index (κ3) is 3.31. The highest BCUT2D eigenvalue weighted by Gasteiger charge is 2.06. The second-order valence-corrected chi connectivity index (χ2v) is 3.87. The van der Waals surface area contributed by atoms with Crippen LogP contribution < -0.4 is 10.5 Å². The number of nitrogens with two attached hydrogens (primary N) is 1. The zero-order chi connectivity index (χ0) is 9.03. The Kier molecular flexibility index (Phi) is 2.61. The van der Waals surface area contributed by atoms with Gasteiger partial charge in [-0.2, -0.15) is 0 Å². The Labute approximate surface area is 70.7 Å². The van der Waals surface area contributed by atoms with Crippen LogP contribution in [0.25, 0.3) is 0 Å². The van der Waals surface area contributed by atoms with Crippen LogP contribution in [0.4, 0.5) is 0 Å². The summed E-state index contributed by atoms with van der Waals surface area (Å²) in [5.74, 6) is -0.205. The molecule has 0 aromatic heterocycles. The molecule has 1 heterocycles. The van der Waals surface area contributed by atoms with E-state index in [1.807, 2.05) is 0 Å². The summed E-state index contributed by atoms with van der Waals surface area (Å²) in [5, 5.41) is 7.57. The molecule has 0 atom stereocenters. The summed E-state index contributed by atoms with van der Waals surface area (Å²) in [6, 6.07) is 0. The van der Waals surface area contributed by atoms with Crippen LogP contribution >= 0.6 is 0 Å². The zero-order valence-electron chi connectivity index (χ0n) is 6.27. The molecule has 1 rings (SSSR count). The van der Waals surface area contributed by atoms with Gasteiger partial charge in [0.1, 0.15) is 5.75 Å². The van der Waals surface area contributed by atoms with Gasteiger partial charge in [0.25, 0.3) is 0 Å². The summed E-state index contributed by atoms with van der Waals surface area (Å²) < 4.78 is 21.3. The molecule has 5 nitrogen and oxygen atoms in total. The number of aliphatic imine (C=N–C) groups is 1. The summed E-state index contributed by atoms with van der Waals surface area (Å²) in [5.41, 5.74) is 0.509. The van der Waals surface area contributed by atoms with E-state index in [2.05, 4.69) is 10.3 Å². The van der Waals surface area contributed by atoms with E-state index in [4.69, 9.17) is 5.14 Å². The number of nitrogens with zero attached hydrogens (tertiary/aromatic N) is 1. The van der Waals surface area contributed by atoms with E-state index < -0.39 is 10.0 Å². The molecule has 0 aromatic carbocycles. The monoisotopic (exact) mass is 187 g/mol. The van der Waals surface area contributed by atoms with Gasteiger partial charge < -0.3 is 5.32 Å². The van der Waals surface area contributed by atoms with Gasteiger partial charge in [0, 0.05) is 24.3 Å². The van der Waals surface area contributed by atoms with Crippen molar-refractivity contribution in [3.63, 3.8) is 0 Å². The van der Waals surface area contributed by atoms with E-state index in [0.717, 1.165) is 0 Å². The average Bonchev–Trinajstić information content (AvgIpc) is 2.12. The zero-order valence-corrected chi connectivity index (χ0v) is 7.08. The number of primary sulfonamides is 1. The van der Waals surface area contributed by atoms with Gasteiger partial charge in [-0.15, -0.1) is 0 Å². The lowest BCUT2D eigenvalue weighted by Crippen LogP contribution is -2.22. The molecule has 1 aliphatic heterocycles. The highest BCUT2D eigenvalue weighted by Crippen LogP contribution is 1.94. The van der Waals surface area contributed by atoms with E-state index in [9.17, 15) is 8.42 Å². The third-order valence-electron chi connectivity index (χ3n) is 1.15. The Balaban J connectivity index is 2.71. The molecular weight excluding hydrogens is 178 g/mol. The van der Waals surface area contributed by atoms with Gasteiger partial charge in [-0.25, -0.2) is 13.6 Å². The van der Waals surface area contributed by atoms with E-state index in [1.54, 1.807) is 12.3 Å². The minimum absolute atomic E-state index is 0.205. The maximum Gasteiger partial charge on any atom is 0.214 e. The summed E-state index contributed by atoms with van der Waals surface area (Å²) >= 11 is 0. The fourth-order valence-electron chi connectivity index (χ4n) is 0.725. The van der Waals surface area contributed by atoms with E-state index in [-0.39, 0.29) is 5.75 Å². The number of sulfonamides is 1. The van der Waals surface area contributed by atoms with Crippen molar-refractivity contribution in [3.8, 4) is 0 Å². The first-order chi connectivity index (χ1) is 5.58. The molecule has 0 bridgehead atoms. The van der Waals surface area contributed by atoms with E-state index in [1.165, 1.54) is 12.4 Å². The molecule has 0 fully saturated rings. The molecule has 66 valence electrons. The predicted octanol–water partition coefficient (Wildman–Crippen LogP) is -0.696. The van der Waals surface area contributed by atoms with Crippen molar-refractivity contribution in [2.24, 2.45) is 10.1 Å². The quantitative estimate of drug-likeness (QED) is 0.599. The lowest BCUT2D eigenvalue weighted by molar-refractivity contribution is 0.599. The Morgan fingerprint density at radius 2 is 2.33 bits per heavy atom. The largest absolute Gasteiger partial charge is 0.363 e. The van der Waals surface area contributed by atoms with Crippen molar-refractivity contribution in [1.29, 1.82) is 0 Å². The standard InChI is InChI=1S/C6H9N3O2S/c7-12(10,11)5-6-1-2-8-3-4-9-6/h1-4,9H,5H2,(H2,7,10,11). The molecule has 0 spiro atoms. The Hall–Kier alpha value is -1.14. The molecule has 0 amide bonds. The Bertz CT molecular complexity index is 340. The smallest absolute Gasteiger partial charge is 0.214 e. The number of nitrogens with one attached hydrogen (secondary N) is 1. The van der Waals surface area contributed by atoms with Crippen molar-refractivity contribution in [3.05, 3.63) is 24.2 Å². The minimum atomic E-state index is -3.47. The van der Waals surface area contributed by atoms with Crippen LogP contribution in [0, 0.1) is 0 Å². The van der Waals surface area contributed by atoms with E-state index >= 15 is 0 Å². The van der Waals surface area contributed by atoms with Crippen LogP contribution in [-0.4, -0.2) is 20.4 Å². The van der Waals surface area contributed by atoms with Gasteiger partial charge in [0.2, 0.25) is 10.0 Å².